The second kappa shape index (κ2) is 6.78. The normalized spacial score (nSPS) is 10.5. The highest BCUT2D eigenvalue weighted by Crippen LogP contribution is 2.42. The van der Waals surface area contributed by atoms with Gasteiger partial charge in [0.05, 0.1) is 14.2 Å². The third kappa shape index (κ3) is 3.12. The summed E-state index contributed by atoms with van der Waals surface area (Å²) >= 11 is 6.26. The van der Waals surface area contributed by atoms with E-state index >= 15 is 0 Å². The van der Waals surface area contributed by atoms with E-state index in [0.717, 1.165) is 11.1 Å². The quantitative estimate of drug-likeness (QED) is 0.909. The van der Waals surface area contributed by atoms with Gasteiger partial charge in [-0.2, -0.15) is 0 Å². The maximum Gasteiger partial charge on any atom is 0.149 e. The lowest BCUT2D eigenvalue weighted by Gasteiger charge is -2.14. The zero-order chi connectivity index (χ0) is 15.4. The topological polar surface area (TPSA) is 30.5 Å². The number of methoxy groups -OCH3 is 2. The third-order valence-electron chi connectivity index (χ3n) is 3.21. The number of halogens is 2. The lowest BCUT2D eigenvalue weighted by molar-refractivity contribution is 0.396. The Morgan fingerprint density at radius 3 is 2.52 bits per heavy atom. The van der Waals surface area contributed by atoms with Gasteiger partial charge in [-0.25, -0.2) is 4.39 Å². The van der Waals surface area contributed by atoms with Crippen LogP contribution in [0.1, 0.15) is 5.56 Å². The SMILES string of the molecule is CNCc1cc(-c2ccc(OC)c(Cl)c2OC)ccc1F. The van der Waals surface area contributed by atoms with Crippen LogP contribution >= 0.6 is 11.6 Å². The summed E-state index contributed by atoms with van der Waals surface area (Å²) in [6, 6.07) is 8.54. The lowest BCUT2D eigenvalue weighted by Crippen LogP contribution is -2.07. The molecular weight excluding hydrogens is 293 g/mol. The number of nitrogens with one attached hydrogen (secondary N) is 1. The first-order valence-electron chi connectivity index (χ1n) is 6.46. The van der Waals surface area contributed by atoms with Gasteiger partial charge in [0, 0.05) is 17.7 Å². The van der Waals surface area contributed by atoms with Crippen LogP contribution in [0.25, 0.3) is 11.1 Å². The van der Waals surface area contributed by atoms with Crippen molar-refractivity contribution in [3.63, 3.8) is 0 Å². The molecule has 0 aromatic heterocycles. The predicted octanol–water partition coefficient (Wildman–Crippen LogP) is 3.88. The van der Waals surface area contributed by atoms with Gasteiger partial charge in [-0.3, -0.25) is 0 Å². The molecule has 2 aromatic carbocycles. The average Bonchev–Trinajstić information content (AvgIpc) is 2.49. The van der Waals surface area contributed by atoms with Crippen LogP contribution < -0.4 is 14.8 Å². The molecule has 0 aliphatic carbocycles. The standard InChI is InChI=1S/C16H17ClFNO2/c1-19-9-11-8-10(4-6-13(11)18)12-5-7-14(20-2)15(17)16(12)21-3/h4-8,19H,9H2,1-3H3. The van der Waals surface area contributed by atoms with Gasteiger partial charge in [0.1, 0.15) is 22.3 Å². The summed E-state index contributed by atoms with van der Waals surface area (Å²) in [6.45, 7) is 0.450. The molecule has 0 saturated carbocycles. The van der Waals surface area contributed by atoms with Crippen molar-refractivity contribution in [2.75, 3.05) is 21.3 Å². The number of benzene rings is 2. The number of hydrogen-bond acceptors (Lipinski definition) is 3. The molecule has 3 nitrogen and oxygen atoms in total. The summed E-state index contributed by atoms with van der Waals surface area (Å²) in [5, 5.41) is 3.34. The van der Waals surface area contributed by atoms with E-state index < -0.39 is 0 Å². The Morgan fingerprint density at radius 2 is 1.90 bits per heavy atom. The first-order valence-corrected chi connectivity index (χ1v) is 6.84. The molecule has 21 heavy (non-hydrogen) atoms. The summed E-state index contributed by atoms with van der Waals surface area (Å²) < 4.78 is 24.3. The fraction of sp³-hybridized carbons (Fsp3) is 0.250. The molecule has 0 fully saturated rings. The summed E-state index contributed by atoms with van der Waals surface area (Å²) in [5.74, 6) is 0.805. The fourth-order valence-corrected chi connectivity index (χ4v) is 2.51. The molecule has 2 rings (SSSR count). The minimum Gasteiger partial charge on any atom is -0.495 e. The van der Waals surface area contributed by atoms with Gasteiger partial charge in [0.25, 0.3) is 0 Å². The molecule has 0 bridgehead atoms. The third-order valence-corrected chi connectivity index (χ3v) is 3.57. The molecule has 112 valence electrons. The van der Waals surface area contributed by atoms with E-state index in [4.69, 9.17) is 21.1 Å². The molecule has 0 aliphatic heterocycles. The van der Waals surface area contributed by atoms with Gasteiger partial charge in [-0.15, -0.1) is 0 Å². The molecule has 0 heterocycles. The molecule has 0 amide bonds. The Morgan fingerprint density at radius 1 is 1.14 bits per heavy atom. The van der Waals surface area contributed by atoms with E-state index in [1.807, 2.05) is 6.07 Å². The monoisotopic (exact) mass is 309 g/mol. The van der Waals surface area contributed by atoms with Gasteiger partial charge in [-0.1, -0.05) is 17.7 Å². The second-order valence-corrected chi connectivity index (χ2v) is 4.88. The van der Waals surface area contributed by atoms with Crippen molar-refractivity contribution < 1.29 is 13.9 Å². The van der Waals surface area contributed by atoms with E-state index in [1.165, 1.54) is 6.07 Å². The van der Waals surface area contributed by atoms with Crippen LogP contribution in [0.3, 0.4) is 0 Å². The maximum absolute atomic E-state index is 13.7. The largest absolute Gasteiger partial charge is 0.495 e. The van der Waals surface area contributed by atoms with Gasteiger partial charge < -0.3 is 14.8 Å². The van der Waals surface area contributed by atoms with Crippen molar-refractivity contribution in [2.24, 2.45) is 0 Å². The van der Waals surface area contributed by atoms with Gasteiger partial charge in [0.2, 0.25) is 0 Å². The van der Waals surface area contributed by atoms with Crippen molar-refractivity contribution >= 4 is 11.6 Å². The summed E-state index contributed by atoms with van der Waals surface area (Å²) in [5.41, 5.74) is 2.22. The highest BCUT2D eigenvalue weighted by molar-refractivity contribution is 6.34. The number of hydrogen-bond donors (Lipinski definition) is 1. The van der Waals surface area contributed by atoms with Crippen molar-refractivity contribution in [1.82, 2.24) is 5.32 Å². The van der Waals surface area contributed by atoms with Crippen LogP contribution in [0.2, 0.25) is 5.02 Å². The molecule has 0 aliphatic rings. The highest BCUT2D eigenvalue weighted by atomic mass is 35.5. The van der Waals surface area contributed by atoms with E-state index in [9.17, 15) is 4.39 Å². The lowest BCUT2D eigenvalue weighted by atomic mass is 10.0. The minimum absolute atomic E-state index is 0.244. The molecule has 0 spiro atoms. The average molecular weight is 310 g/mol. The van der Waals surface area contributed by atoms with Crippen LogP contribution in [-0.2, 0) is 6.54 Å². The van der Waals surface area contributed by atoms with Crippen LogP contribution in [0, 0.1) is 5.82 Å². The van der Waals surface area contributed by atoms with Gasteiger partial charge >= 0.3 is 0 Å². The van der Waals surface area contributed by atoms with Crippen LogP contribution in [0.5, 0.6) is 11.5 Å². The van der Waals surface area contributed by atoms with E-state index in [2.05, 4.69) is 5.32 Å². The molecular formula is C16H17ClFNO2. The fourth-order valence-electron chi connectivity index (χ4n) is 2.19. The van der Waals surface area contributed by atoms with Crippen LogP contribution in [0.15, 0.2) is 30.3 Å². The van der Waals surface area contributed by atoms with E-state index in [-0.39, 0.29) is 5.82 Å². The molecule has 0 radical (unpaired) electrons. The van der Waals surface area contributed by atoms with Crippen LogP contribution in [-0.4, -0.2) is 21.3 Å². The molecule has 2 aromatic rings. The first kappa shape index (κ1) is 15.6. The van der Waals surface area contributed by atoms with Crippen molar-refractivity contribution in [1.29, 1.82) is 0 Å². The van der Waals surface area contributed by atoms with E-state index in [0.29, 0.717) is 28.6 Å². The predicted molar refractivity (Wildman–Crippen MR) is 82.7 cm³/mol. The Bertz CT molecular complexity index is 646. The maximum atomic E-state index is 13.7. The highest BCUT2D eigenvalue weighted by Gasteiger charge is 2.15. The van der Waals surface area contributed by atoms with Gasteiger partial charge in [0.15, 0.2) is 0 Å². The summed E-state index contributed by atoms with van der Waals surface area (Å²) in [6.07, 6.45) is 0. The number of ether oxygens (including phenoxy) is 2. The molecule has 5 heteroatoms. The zero-order valence-electron chi connectivity index (χ0n) is 12.2. The summed E-state index contributed by atoms with van der Waals surface area (Å²) in [7, 11) is 4.86. The molecule has 0 atom stereocenters. The first-order chi connectivity index (χ1) is 10.1. The molecule has 1 N–H and O–H groups in total. The Labute approximate surface area is 128 Å². The van der Waals surface area contributed by atoms with Crippen molar-refractivity contribution in [2.45, 2.75) is 6.54 Å². The smallest absolute Gasteiger partial charge is 0.149 e. The summed E-state index contributed by atoms with van der Waals surface area (Å²) in [4.78, 5) is 0. The Balaban J connectivity index is 2.56. The second-order valence-electron chi connectivity index (χ2n) is 4.50. The Hall–Kier alpha value is -1.78. The van der Waals surface area contributed by atoms with Crippen molar-refractivity contribution in [3.8, 4) is 22.6 Å². The zero-order valence-corrected chi connectivity index (χ0v) is 12.9. The van der Waals surface area contributed by atoms with E-state index in [1.54, 1.807) is 39.5 Å². The minimum atomic E-state index is -0.244. The Kier molecular flexibility index (Phi) is 5.04. The van der Waals surface area contributed by atoms with Crippen molar-refractivity contribution in [3.05, 3.63) is 46.7 Å². The van der Waals surface area contributed by atoms with Crippen LogP contribution in [0.4, 0.5) is 4.39 Å². The number of rotatable bonds is 5. The molecule has 0 saturated heterocycles. The van der Waals surface area contributed by atoms with Gasteiger partial charge in [-0.05, 0) is 36.9 Å². The molecule has 0 unspecified atom stereocenters.